The second kappa shape index (κ2) is 4.55. The molecule has 0 saturated heterocycles. The molecule has 4 heteroatoms. The van der Waals surface area contributed by atoms with Crippen molar-refractivity contribution in [1.82, 2.24) is 20.1 Å². The van der Waals surface area contributed by atoms with Gasteiger partial charge in [0, 0.05) is 12.1 Å². The smallest absolute Gasteiger partial charge is 0.137 e. The fourth-order valence-corrected chi connectivity index (χ4v) is 1.19. The van der Waals surface area contributed by atoms with Crippen LogP contribution in [0.3, 0.4) is 0 Å². The van der Waals surface area contributed by atoms with Gasteiger partial charge in [0.05, 0.1) is 0 Å². The Morgan fingerprint density at radius 3 is 2.64 bits per heavy atom. The Morgan fingerprint density at radius 2 is 2.14 bits per heavy atom. The number of nitrogens with one attached hydrogen (secondary N) is 1. The maximum absolute atomic E-state index is 4.08. The quantitative estimate of drug-likeness (QED) is 0.789. The monoisotopic (exact) mass is 196 g/mol. The van der Waals surface area contributed by atoms with E-state index in [9.17, 15) is 0 Å². The molecular weight excluding hydrogens is 176 g/mol. The van der Waals surface area contributed by atoms with E-state index < -0.39 is 0 Å². The van der Waals surface area contributed by atoms with Gasteiger partial charge in [0.2, 0.25) is 0 Å². The van der Waals surface area contributed by atoms with E-state index in [0.717, 1.165) is 13.1 Å². The van der Waals surface area contributed by atoms with Crippen LogP contribution in [0, 0.1) is 5.92 Å². The molecule has 1 aromatic rings. The van der Waals surface area contributed by atoms with Crippen molar-refractivity contribution in [3.8, 4) is 0 Å². The zero-order valence-corrected chi connectivity index (χ0v) is 9.49. The second-order valence-corrected chi connectivity index (χ2v) is 4.85. The predicted molar refractivity (Wildman–Crippen MR) is 56.9 cm³/mol. The highest BCUT2D eigenvalue weighted by Crippen LogP contribution is 2.02. The van der Waals surface area contributed by atoms with Gasteiger partial charge in [-0.1, -0.05) is 6.92 Å². The summed E-state index contributed by atoms with van der Waals surface area (Å²) < 4.78 is 1.87. The molecule has 0 spiro atoms. The van der Waals surface area contributed by atoms with Gasteiger partial charge in [-0.15, -0.1) is 0 Å². The van der Waals surface area contributed by atoms with Gasteiger partial charge in [0.25, 0.3) is 0 Å². The summed E-state index contributed by atoms with van der Waals surface area (Å²) in [6, 6.07) is 0. The van der Waals surface area contributed by atoms with E-state index in [1.54, 1.807) is 12.7 Å². The Bertz CT molecular complexity index is 248. The summed E-state index contributed by atoms with van der Waals surface area (Å²) in [4.78, 5) is 3.92. The number of hydrogen-bond acceptors (Lipinski definition) is 3. The third kappa shape index (κ3) is 4.37. The first-order valence-electron chi connectivity index (χ1n) is 5.05. The first kappa shape index (κ1) is 11.2. The van der Waals surface area contributed by atoms with Crippen molar-refractivity contribution in [2.24, 2.45) is 5.92 Å². The molecule has 0 radical (unpaired) electrons. The Balaban J connectivity index is 2.26. The molecule has 0 aromatic carbocycles. The summed E-state index contributed by atoms with van der Waals surface area (Å²) in [5, 5.41) is 7.55. The van der Waals surface area contributed by atoms with Crippen LogP contribution < -0.4 is 5.32 Å². The van der Waals surface area contributed by atoms with Gasteiger partial charge in [-0.3, -0.25) is 4.68 Å². The minimum Gasteiger partial charge on any atom is -0.312 e. The van der Waals surface area contributed by atoms with Gasteiger partial charge in [-0.2, -0.15) is 5.10 Å². The lowest BCUT2D eigenvalue weighted by Crippen LogP contribution is -2.39. The molecule has 1 heterocycles. The van der Waals surface area contributed by atoms with Crippen molar-refractivity contribution in [2.75, 3.05) is 6.54 Å². The van der Waals surface area contributed by atoms with E-state index in [1.165, 1.54) is 0 Å². The van der Waals surface area contributed by atoms with E-state index in [2.05, 4.69) is 43.1 Å². The second-order valence-electron chi connectivity index (χ2n) is 4.85. The van der Waals surface area contributed by atoms with Crippen LogP contribution in [0.4, 0.5) is 0 Å². The van der Waals surface area contributed by atoms with Gasteiger partial charge in [0.1, 0.15) is 12.7 Å². The van der Waals surface area contributed by atoms with Crippen molar-refractivity contribution >= 4 is 0 Å². The molecule has 1 atom stereocenters. The molecule has 1 aromatic heterocycles. The molecular formula is C10H20N4. The van der Waals surface area contributed by atoms with Crippen LogP contribution in [0.25, 0.3) is 0 Å². The third-order valence-corrected chi connectivity index (χ3v) is 1.95. The summed E-state index contributed by atoms with van der Waals surface area (Å²) in [5.41, 5.74) is 0.191. The molecule has 0 aliphatic heterocycles. The molecule has 1 unspecified atom stereocenters. The zero-order chi connectivity index (χ0) is 10.6. The van der Waals surface area contributed by atoms with Crippen LogP contribution in [-0.2, 0) is 6.54 Å². The molecule has 0 amide bonds. The van der Waals surface area contributed by atoms with E-state index in [1.807, 2.05) is 4.68 Å². The van der Waals surface area contributed by atoms with Gasteiger partial charge in [-0.25, -0.2) is 4.98 Å². The van der Waals surface area contributed by atoms with Gasteiger partial charge >= 0.3 is 0 Å². The summed E-state index contributed by atoms with van der Waals surface area (Å²) in [5.74, 6) is 0.566. The van der Waals surface area contributed by atoms with Crippen molar-refractivity contribution in [2.45, 2.75) is 39.8 Å². The number of aromatic nitrogens is 3. The number of hydrogen-bond donors (Lipinski definition) is 1. The average Bonchev–Trinajstić information content (AvgIpc) is 2.52. The lowest BCUT2D eigenvalue weighted by atomic mass is 10.1. The summed E-state index contributed by atoms with van der Waals surface area (Å²) in [6.07, 6.45) is 3.33. The predicted octanol–water partition coefficient (Wildman–Crippen LogP) is 1.30. The molecule has 80 valence electrons. The normalized spacial score (nSPS) is 14.3. The highest BCUT2D eigenvalue weighted by Gasteiger charge is 2.11. The van der Waals surface area contributed by atoms with Gasteiger partial charge in [-0.05, 0) is 33.2 Å². The lowest BCUT2D eigenvalue weighted by Gasteiger charge is -2.23. The molecule has 0 fully saturated rings. The Hall–Kier alpha value is -0.900. The highest BCUT2D eigenvalue weighted by atomic mass is 15.3. The molecule has 14 heavy (non-hydrogen) atoms. The molecule has 0 bridgehead atoms. The maximum atomic E-state index is 4.08. The van der Waals surface area contributed by atoms with Crippen LogP contribution in [0.15, 0.2) is 12.7 Å². The average molecular weight is 196 g/mol. The lowest BCUT2D eigenvalue weighted by molar-refractivity contribution is 0.351. The summed E-state index contributed by atoms with van der Waals surface area (Å²) in [6.45, 7) is 10.7. The maximum Gasteiger partial charge on any atom is 0.137 e. The molecule has 1 N–H and O–H groups in total. The van der Waals surface area contributed by atoms with E-state index in [4.69, 9.17) is 0 Å². The van der Waals surface area contributed by atoms with Crippen molar-refractivity contribution < 1.29 is 0 Å². The molecule has 0 aliphatic rings. The Morgan fingerprint density at radius 1 is 1.43 bits per heavy atom. The number of rotatable bonds is 4. The van der Waals surface area contributed by atoms with E-state index in [0.29, 0.717) is 5.92 Å². The topological polar surface area (TPSA) is 42.7 Å². The van der Waals surface area contributed by atoms with Crippen LogP contribution >= 0.6 is 0 Å². The fraction of sp³-hybridized carbons (Fsp3) is 0.800. The van der Waals surface area contributed by atoms with Crippen LogP contribution in [0.2, 0.25) is 0 Å². The SMILES string of the molecule is CC(CNC(C)(C)C)Cn1cncn1. The Kier molecular flexibility index (Phi) is 3.63. The highest BCUT2D eigenvalue weighted by molar-refractivity contribution is 4.72. The Labute approximate surface area is 85.7 Å². The minimum absolute atomic E-state index is 0.191. The standard InChI is InChI=1S/C10H20N4/c1-9(5-12-10(2,3)4)6-14-8-11-7-13-14/h7-9,12H,5-6H2,1-4H3. The largest absolute Gasteiger partial charge is 0.312 e. The molecule has 0 saturated carbocycles. The summed E-state index contributed by atoms with van der Waals surface area (Å²) >= 11 is 0. The van der Waals surface area contributed by atoms with Crippen LogP contribution in [0.5, 0.6) is 0 Å². The van der Waals surface area contributed by atoms with Crippen molar-refractivity contribution in [3.05, 3.63) is 12.7 Å². The fourth-order valence-electron chi connectivity index (χ4n) is 1.19. The third-order valence-electron chi connectivity index (χ3n) is 1.95. The van der Waals surface area contributed by atoms with Crippen molar-refractivity contribution in [3.63, 3.8) is 0 Å². The summed E-state index contributed by atoms with van der Waals surface area (Å²) in [7, 11) is 0. The van der Waals surface area contributed by atoms with Crippen LogP contribution in [-0.4, -0.2) is 26.8 Å². The number of nitrogens with zero attached hydrogens (tertiary/aromatic N) is 3. The van der Waals surface area contributed by atoms with Gasteiger partial charge < -0.3 is 5.32 Å². The first-order valence-corrected chi connectivity index (χ1v) is 5.05. The van der Waals surface area contributed by atoms with Crippen LogP contribution in [0.1, 0.15) is 27.7 Å². The first-order chi connectivity index (χ1) is 6.47. The van der Waals surface area contributed by atoms with E-state index in [-0.39, 0.29) is 5.54 Å². The molecule has 1 rings (SSSR count). The molecule has 0 aliphatic carbocycles. The molecule has 4 nitrogen and oxygen atoms in total. The minimum atomic E-state index is 0.191. The van der Waals surface area contributed by atoms with E-state index >= 15 is 0 Å². The van der Waals surface area contributed by atoms with Crippen molar-refractivity contribution in [1.29, 1.82) is 0 Å². The van der Waals surface area contributed by atoms with Gasteiger partial charge in [0.15, 0.2) is 0 Å². The zero-order valence-electron chi connectivity index (χ0n) is 9.49.